The lowest BCUT2D eigenvalue weighted by molar-refractivity contribution is 0.109. The largest absolute Gasteiger partial charge is 0.355 e. The summed E-state index contributed by atoms with van der Waals surface area (Å²) in [5, 5.41) is 3.23. The lowest BCUT2D eigenvalue weighted by atomic mass is 9.96. The number of benzene rings is 2. The zero-order valence-corrected chi connectivity index (χ0v) is 15.0. The van der Waals surface area contributed by atoms with Gasteiger partial charge in [-0.25, -0.2) is 0 Å². The minimum Gasteiger partial charge on any atom is -0.355 e. The summed E-state index contributed by atoms with van der Waals surface area (Å²) in [5.74, 6) is 0. The number of hydrogen-bond acceptors (Lipinski definition) is 3. The molecule has 0 saturated heterocycles. The van der Waals surface area contributed by atoms with Crippen LogP contribution in [0.15, 0.2) is 42.5 Å². The van der Waals surface area contributed by atoms with Crippen LogP contribution in [0.5, 0.6) is 0 Å². The fourth-order valence-corrected chi connectivity index (χ4v) is 3.05. The topological polar surface area (TPSA) is 46.2 Å². The molecule has 0 unspecified atom stereocenters. The van der Waals surface area contributed by atoms with Gasteiger partial charge < -0.3 is 5.32 Å². The van der Waals surface area contributed by atoms with Crippen molar-refractivity contribution in [2.24, 2.45) is 0 Å². The maximum Gasteiger partial charge on any atom is 0.152 e. The molecular weight excluding hydrogens is 310 g/mol. The second kappa shape index (κ2) is 10.4. The Hall–Kier alpha value is -2.42. The second-order valence-electron chi connectivity index (χ2n) is 6.34. The monoisotopic (exact) mass is 337 g/mol. The Bertz CT molecular complexity index is 680. The van der Waals surface area contributed by atoms with E-state index in [2.05, 4.69) is 12.2 Å². The van der Waals surface area contributed by atoms with Crippen LogP contribution in [0.3, 0.4) is 0 Å². The number of nitrogens with one attached hydrogen (secondary N) is 1. The number of carbonyl (C=O) groups excluding carboxylic acids is 2. The van der Waals surface area contributed by atoms with E-state index in [1.165, 1.54) is 32.1 Å². The summed E-state index contributed by atoms with van der Waals surface area (Å²) >= 11 is 0. The number of hydrogen-bond donors (Lipinski definition) is 1. The summed E-state index contributed by atoms with van der Waals surface area (Å²) in [5.41, 5.74) is 3.50. The van der Waals surface area contributed by atoms with E-state index in [0.717, 1.165) is 36.7 Å². The quantitative estimate of drug-likeness (QED) is 0.406. The first-order chi connectivity index (χ1) is 12.3. The number of anilines is 2. The molecule has 3 heteroatoms. The molecule has 2 aromatic carbocycles. The summed E-state index contributed by atoms with van der Waals surface area (Å²) in [6, 6.07) is 13.5. The molecule has 1 N–H and O–H groups in total. The minimum absolute atomic E-state index is 0.447. The number of aldehydes is 2. The highest BCUT2D eigenvalue weighted by molar-refractivity contribution is 5.98. The Kier molecular flexibility index (Phi) is 7.90. The third-order valence-electron chi connectivity index (χ3n) is 4.47. The number of aryl methyl sites for hydroxylation is 1. The zero-order valence-electron chi connectivity index (χ0n) is 15.0. The third-order valence-corrected chi connectivity index (χ3v) is 4.47. The Labute approximate surface area is 150 Å². The molecule has 0 aliphatic rings. The molecule has 0 spiro atoms. The first-order valence-electron chi connectivity index (χ1n) is 9.18. The molecule has 0 radical (unpaired) electrons. The van der Waals surface area contributed by atoms with Crippen molar-refractivity contribution >= 4 is 23.9 Å². The van der Waals surface area contributed by atoms with Crippen molar-refractivity contribution < 1.29 is 9.59 Å². The van der Waals surface area contributed by atoms with E-state index in [1.54, 1.807) is 0 Å². The summed E-state index contributed by atoms with van der Waals surface area (Å²) in [6.07, 6.45) is 9.68. The highest BCUT2D eigenvalue weighted by atomic mass is 16.1. The minimum atomic E-state index is 0.447. The van der Waals surface area contributed by atoms with Gasteiger partial charge in [0.1, 0.15) is 0 Å². The maximum atomic E-state index is 11.6. The van der Waals surface area contributed by atoms with E-state index in [1.807, 2.05) is 42.5 Å². The first-order valence-corrected chi connectivity index (χ1v) is 9.18. The maximum absolute atomic E-state index is 11.6. The first kappa shape index (κ1) is 18.9. The van der Waals surface area contributed by atoms with Crippen molar-refractivity contribution in [1.82, 2.24) is 0 Å². The van der Waals surface area contributed by atoms with Gasteiger partial charge in [-0.05, 0) is 36.6 Å². The van der Waals surface area contributed by atoms with E-state index in [0.29, 0.717) is 16.8 Å². The number of rotatable bonds is 11. The van der Waals surface area contributed by atoms with Gasteiger partial charge in [-0.3, -0.25) is 9.59 Å². The summed E-state index contributed by atoms with van der Waals surface area (Å²) < 4.78 is 0. The lowest BCUT2D eigenvalue weighted by Crippen LogP contribution is -2.04. The Morgan fingerprint density at radius 3 is 2.16 bits per heavy atom. The van der Waals surface area contributed by atoms with Crippen molar-refractivity contribution in [3.8, 4) is 0 Å². The van der Waals surface area contributed by atoms with E-state index < -0.39 is 0 Å². The van der Waals surface area contributed by atoms with Gasteiger partial charge in [0.25, 0.3) is 0 Å². The molecule has 0 atom stereocenters. The van der Waals surface area contributed by atoms with Crippen LogP contribution < -0.4 is 5.32 Å². The normalized spacial score (nSPS) is 10.4. The van der Waals surface area contributed by atoms with Crippen molar-refractivity contribution in [2.75, 3.05) is 5.32 Å². The smallest absolute Gasteiger partial charge is 0.152 e. The van der Waals surface area contributed by atoms with Crippen LogP contribution in [-0.2, 0) is 6.42 Å². The van der Waals surface area contributed by atoms with Crippen LogP contribution in [0.2, 0.25) is 0 Å². The third kappa shape index (κ3) is 5.56. The Balaban J connectivity index is 2.09. The Morgan fingerprint density at radius 1 is 0.800 bits per heavy atom. The van der Waals surface area contributed by atoms with Crippen molar-refractivity contribution in [1.29, 1.82) is 0 Å². The standard InChI is InChI=1S/C22H27NO2/c1-2-3-4-5-6-8-11-18-14-15-22(21(17-25)20(18)16-24)23-19-12-9-7-10-13-19/h7,9-10,12-17,23H,2-6,8,11H2,1H3. The molecule has 0 fully saturated rings. The molecule has 3 nitrogen and oxygen atoms in total. The fourth-order valence-electron chi connectivity index (χ4n) is 3.05. The predicted molar refractivity (Wildman–Crippen MR) is 104 cm³/mol. The van der Waals surface area contributed by atoms with Crippen LogP contribution in [0.1, 0.15) is 71.7 Å². The van der Waals surface area contributed by atoms with E-state index >= 15 is 0 Å². The molecule has 0 saturated carbocycles. The predicted octanol–water partition coefficient (Wildman–Crippen LogP) is 5.96. The molecule has 0 bridgehead atoms. The second-order valence-corrected chi connectivity index (χ2v) is 6.34. The number of carbonyl (C=O) groups is 2. The van der Waals surface area contributed by atoms with Gasteiger partial charge in [0.05, 0.1) is 0 Å². The molecule has 2 rings (SSSR count). The van der Waals surface area contributed by atoms with Crippen molar-refractivity contribution in [3.05, 3.63) is 59.2 Å². The fraction of sp³-hybridized carbons (Fsp3) is 0.364. The number of para-hydroxylation sites is 1. The van der Waals surface area contributed by atoms with Crippen LogP contribution in [0.25, 0.3) is 0 Å². The molecule has 0 heterocycles. The van der Waals surface area contributed by atoms with E-state index in [4.69, 9.17) is 0 Å². The zero-order chi connectivity index (χ0) is 17.9. The van der Waals surface area contributed by atoms with Crippen LogP contribution in [-0.4, -0.2) is 12.6 Å². The van der Waals surface area contributed by atoms with Gasteiger partial charge in [0, 0.05) is 22.5 Å². The molecule has 0 aliphatic heterocycles. The van der Waals surface area contributed by atoms with Crippen molar-refractivity contribution in [2.45, 2.75) is 51.9 Å². The van der Waals surface area contributed by atoms with Gasteiger partial charge in [-0.15, -0.1) is 0 Å². The highest BCUT2D eigenvalue weighted by Gasteiger charge is 2.12. The lowest BCUT2D eigenvalue weighted by Gasteiger charge is -2.14. The SMILES string of the molecule is CCCCCCCCc1ccc(Nc2ccccc2)c(C=O)c1C=O. The van der Waals surface area contributed by atoms with Gasteiger partial charge in [0.2, 0.25) is 0 Å². The van der Waals surface area contributed by atoms with Crippen LogP contribution >= 0.6 is 0 Å². The summed E-state index contributed by atoms with van der Waals surface area (Å²) in [7, 11) is 0. The van der Waals surface area contributed by atoms with Crippen LogP contribution in [0, 0.1) is 0 Å². The molecule has 0 aromatic heterocycles. The molecule has 2 aromatic rings. The van der Waals surface area contributed by atoms with Crippen molar-refractivity contribution in [3.63, 3.8) is 0 Å². The number of unbranched alkanes of at least 4 members (excludes halogenated alkanes) is 5. The van der Waals surface area contributed by atoms with E-state index in [9.17, 15) is 9.59 Å². The molecule has 0 aliphatic carbocycles. The molecule has 25 heavy (non-hydrogen) atoms. The molecule has 132 valence electrons. The van der Waals surface area contributed by atoms with Gasteiger partial charge in [0.15, 0.2) is 12.6 Å². The highest BCUT2D eigenvalue weighted by Crippen LogP contribution is 2.25. The van der Waals surface area contributed by atoms with Crippen LogP contribution in [0.4, 0.5) is 11.4 Å². The molecular formula is C22H27NO2. The summed E-state index contributed by atoms with van der Waals surface area (Å²) in [4.78, 5) is 23.2. The van der Waals surface area contributed by atoms with Gasteiger partial charge in [-0.2, -0.15) is 0 Å². The Morgan fingerprint density at radius 2 is 1.48 bits per heavy atom. The average Bonchev–Trinajstić information content (AvgIpc) is 2.65. The summed E-state index contributed by atoms with van der Waals surface area (Å²) in [6.45, 7) is 2.21. The van der Waals surface area contributed by atoms with Gasteiger partial charge in [-0.1, -0.05) is 63.3 Å². The van der Waals surface area contributed by atoms with E-state index in [-0.39, 0.29) is 0 Å². The molecule has 0 amide bonds. The van der Waals surface area contributed by atoms with Gasteiger partial charge >= 0.3 is 0 Å². The average molecular weight is 337 g/mol.